The molecule has 21 heavy (non-hydrogen) atoms. The van der Waals surface area contributed by atoms with E-state index in [-0.39, 0.29) is 11.9 Å². The number of hydrazone groups is 1. The van der Waals surface area contributed by atoms with Crippen LogP contribution in [0.1, 0.15) is 6.92 Å². The van der Waals surface area contributed by atoms with E-state index in [0.29, 0.717) is 6.04 Å². The highest BCUT2D eigenvalue weighted by atomic mass is 32.2. The summed E-state index contributed by atoms with van der Waals surface area (Å²) in [4.78, 5) is 15.1. The van der Waals surface area contributed by atoms with E-state index in [1.54, 1.807) is 11.8 Å². The average Bonchev–Trinajstić information content (AvgIpc) is 2.46. The van der Waals surface area contributed by atoms with Crippen molar-refractivity contribution in [3.63, 3.8) is 0 Å². The minimum absolute atomic E-state index is 0.0573. The maximum absolute atomic E-state index is 11.9. The van der Waals surface area contributed by atoms with Crippen LogP contribution in [0, 0.1) is 0 Å². The molecular formula is C14H17N5OS. The highest BCUT2D eigenvalue weighted by molar-refractivity contribution is 8.00. The normalized spacial score (nSPS) is 24.4. The molecule has 110 valence electrons. The Kier molecular flexibility index (Phi) is 3.04. The third kappa shape index (κ3) is 2.16. The van der Waals surface area contributed by atoms with Gasteiger partial charge >= 0.3 is 0 Å². The van der Waals surface area contributed by atoms with Gasteiger partial charge in [-0.25, -0.2) is 5.43 Å². The van der Waals surface area contributed by atoms with E-state index in [2.05, 4.69) is 44.3 Å². The number of hydrogen-bond donors (Lipinski definition) is 3. The summed E-state index contributed by atoms with van der Waals surface area (Å²) in [5, 5.41) is 11.0. The molecule has 1 atom stereocenters. The van der Waals surface area contributed by atoms with Crippen molar-refractivity contribution in [3.8, 4) is 0 Å². The SMILES string of the molecule is CC1C(=O)NN=C2CSc3ccc(NC4CNC4)cc3N21. The van der Waals surface area contributed by atoms with Crippen LogP contribution in [0.4, 0.5) is 11.4 Å². The first-order chi connectivity index (χ1) is 10.2. The van der Waals surface area contributed by atoms with Gasteiger partial charge in [-0.1, -0.05) is 0 Å². The second-order valence-corrected chi connectivity index (χ2v) is 6.54. The molecule has 3 heterocycles. The van der Waals surface area contributed by atoms with Crippen molar-refractivity contribution in [1.82, 2.24) is 10.7 Å². The van der Waals surface area contributed by atoms with Crippen LogP contribution in [0.25, 0.3) is 0 Å². The Labute approximate surface area is 127 Å². The van der Waals surface area contributed by atoms with Gasteiger partial charge in [0, 0.05) is 23.7 Å². The molecule has 4 rings (SSSR count). The fraction of sp³-hybridized carbons (Fsp3) is 0.429. The lowest BCUT2D eigenvalue weighted by Crippen LogP contribution is -2.54. The lowest BCUT2D eigenvalue weighted by Gasteiger charge is -2.38. The molecule has 0 radical (unpaired) electrons. The molecule has 3 aliphatic rings. The Morgan fingerprint density at radius 2 is 2.29 bits per heavy atom. The number of nitrogens with zero attached hydrogens (tertiary/aromatic N) is 2. The Morgan fingerprint density at radius 3 is 3.05 bits per heavy atom. The van der Waals surface area contributed by atoms with Crippen molar-refractivity contribution in [2.75, 3.05) is 29.1 Å². The van der Waals surface area contributed by atoms with Crippen LogP contribution in [0.15, 0.2) is 28.2 Å². The number of rotatable bonds is 2. The van der Waals surface area contributed by atoms with E-state index >= 15 is 0 Å². The second kappa shape index (κ2) is 4.92. The van der Waals surface area contributed by atoms with Crippen LogP contribution in [0.3, 0.4) is 0 Å². The molecule has 1 aromatic rings. The van der Waals surface area contributed by atoms with Gasteiger partial charge in [0.25, 0.3) is 5.91 Å². The fourth-order valence-electron chi connectivity index (χ4n) is 2.74. The zero-order chi connectivity index (χ0) is 14.4. The zero-order valence-corrected chi connectivity index (χ0v) is 12.5. The molecule has 3 aliphatic heterocycles. The van der Waals surface area contributed by atoms with Gasteiger partial charge in [0.1, 0.15) is 11.9 Å². The van der Waals surface area contributed by atoms with E-state index < -0.39 is 0 Å². The first kappa shape index (κ1) is 13.0. The highest BCUT2D eigenvalue weighted by Gasteiger charge is 2.34. The molecular weight excluding hydrogens is 286 g/mol. The Bertz CT molecular complexity index is 628. The zero-order valence-electron chi connectivity index (χ0n) is 11.7. The van der Waals surface area contributed by atoms with Crippen LogP contribution in [0.2, 0.25) is 0 Å². The van der Waals surface area contributed by atoms with Crippen molar-refractivity contribution in [2.24, 2.45) is 5.10 Å². The van der Waals surface area contributed by atoms with Crippen LogP contribution in [-0.4, -0.2) is 42.7 Å². The first-order valence-electron chi connectivity index (χ1n) is 7.12. The molecule has 1 unspecified atom stereocenters. The molecule has 0 aromatic heterocycles. The number of thioether (sulfide) groups is 1. The lowest BCUT2D eigenvalue weighted by atomic mass is 10.1. The van der Waals surface area contributed by atoms with Crippen molar-refractivity contribution in [3.05, 3.63) is 18.2 Å². The minimum Gasteiger partial charge on any atom is -0.380 e. The molecule has 1 aromatic carbocycles. The number of anilines is 2. The summed E-state index contributed by atoms with van der Waals surface area (Å²) in [6.45, 7) is 3.92. The van der Waals surface area contributed by atoms with Crippen LogP contribution < -0.4 is 21.0 Å². The molecule has 0 aliphatic carbocycles. The van der Waals surface area contributed by atoms with Crippen molar-refractivity contribution < 1.29 is 4.79 Å². The molecule has 1 fully saturated rings. The maximum atomic E-state index is 11.9. The molecule has 6 nitrogen and oxygen atoms in total. The van der Waals surface area contributed by atoms with Gasteiger partial charge in [0.05, 0.1) is 17.5 Å². The van der Waals surface area contributed by atoms with E-state index in [1.807, 2.05) is 6.92 Å². The van der Waals surface area contributed by atoms with Crippen molar-refractivity contribution in [2.45, 2.75) is 23.9 Å². The predicted molar refractivity (Wildman–Crippen MR) is 85.0 cm³/mol. The summed E-state index contributed by atoms with van der Waals surface area (Å²) in [5.41, 5.74) is 4.77. The fourth-order valence-corrected chi connectivity index (χ4v) is 3.70. The molecule has 1 amide bonds. The number of carbonyl (C=O) groups excluding carboxylic acids is 1. The van der Waals surface area contributed by atoms with Gasteiger partial charge in [-0.2, -0.15) is 5.10 Å². The quantitative estimate of drug-likeness (QED) is 0.754. The highest BCUT2D eigenvalue weighted by Crippen LogP contribution is 2.39. The van der Waals surface area contributed by atoms with Crippen LogP contribution >= 0.6 is 11.8 Å². The summed E-state index contributed by atoms with van der Waals surface area (Å²) >= 11 is 1.76. The number of amides is 1. The Morgan fingerprint density at radius 1 is 1.43 bits per heavy atom. The molecule has 0 bridgehead atoms. The summed E-state index contributed by atoms with van der Waals surface area (Å²) in [5.74, 6) is 1.65. The summed E-state index contributed by atoms with van der Waals surface area (Å²) in [7, 11) is 0. The standard InChI is InChI=1S/C14H17N5OS/c1-8-14(20)18-17-13-7-21-12-3-2-9(4-11(12)19(8)13)16-10-5-15-6-10/h2-4,8,10,15-16H,5-7H2,1H3,(H,18,20). The number of carbonyl (C=O) groups is 1. The molecule has 0 saturated carbocycles. The largest absolute Gasteiger partial charge is 0.380 e. The van der Waals surface area contributed by atoms with E-state index in [1.165, 1.54) is 4.90 Å². The predicted octanol–water partition coefficient (Wildman–Crippen LogP) is 0.814. The number of fused-ring (bicyclic) bond motifs is 3. The third-order valence-corrected chi connectivity index (χ3v) is 5.13. The third-order valence-electron chi connectivity index (χ3n) is 4.07. The van der Waals surface area contributed by atoms with E-state index in [4.69, 9.17) is 0 Å². The lowest BCUT2D eigenvalue weighted by molar-refractivity contribution is -0.122. The smallest absolute Gasteiger partial charge is 0.262 e. The molecule has 0 spiro atoms. The monoisotopic (exact) mass is 303 g/mol. The number of amidine groups is 1. The van der Waals surface area contributed by atoms with E-state index in [0.717, 1.165) is 36.1 Å². The average molecular weight is 303 g/mol. The van der Waals surface area contributed by atoms with Crippen LogP contribution in [-0.2, 0) is 4.79 Å². The number of benzene rings is 1. The van der Waals surface area contributed by atoms with E-state index in [9.17, 15) is 4.79 Å². The first-order valence-corrected chi connectivity index (χ1v) is 8.11. The maximum Gasteiger partial charge on any atom is 0.262 e. The molecule has 7 heteroatoms. The molecule has 1 saturated heterocycles. The summed E-state index contributed by atoms with van der Waals surface area (Å²) in [6, 6.07) is 6.64. The van der Waals surface area contributed by atoms with Gasteiger partial charge in [0.15, 0.2) is 0 Å². The topological polar surface area (TPSA) is 68.8 Å². The Hall–Kier alpha value is -1.73. The van der Waals surface area contributed by atoms with Gasteiger partial charge in [0.2, 0.25) is 0 Å². The van der Waals surface area contributed by atoms with Crippen molar-refractivity contribution in [1.29, 1.82) is 0 Å². The minimum atomic E-state index is -0.224. The number of hydrogen-bond acceptors (Lipinski definition) is 6. The summed E-state index contributed by atoms with van der Waals surface area (Å²) in [6.07, 6.45) is 0. The van der Waals surface area contributed by atoms with Gasteiger partial charge in [-0.05, 0) is 25.1 Å². The summed E-state index contributed by atoms with van der Waals surface area (Å²) < 4.78 is 0. The Balaban J connectivity index is 1.69. The second-order valence-electron chi connectivity index (χ2n) is 5.52. The van der Waals surface area contributed by atoms with Crippen LogP contribution in [0.5, 0.6) is 0 Å². The number of nitrogens with one attached hydrogen (secondary N) is 3. The van der Waals surface area contributed by atoms with Gasteiger partial charge < -0.3 is 15.5 Å². The molecule has 3 N–H and O–H groups in total. The van der Waals surface area contributed by atoms with Crippen molar-refractivity contribution >= 4 is 34.9 Å². The van der Waals surface area contributed by atoms with Gasteiger partial charge in [-0.3, -0.25) is 4.79 Å². The van der Waals surface area contributed by atoms with Gasteiger partial charge in [-0.15, -0.1) is 11.8 Å².